The molecule has 0 heterocycles. The van der Waals surface area contributed by atoms with Crippen molar-refractivity contribution in [3.05, 3.63) is 53.6 Å². The normalized spacial score (nSPS) is 10.4. The topological polar surface area (TPSA) is 134 Å². The van der Waals surface area contributed by atoms with Crippen LogP contribution in [-0.2, 0) is 30.5 Å². The van der Waals surface area contributed by atoms with E-state index in [9.17, 15) is 24.0 Å². The van der Waals surface area contributed by atoms with Crippen LogP contribution in [0.2, 0.25) is 0 Å². The molecule has 10 heteroatoms. The van der Waals surface area contributed by atoms with Crippen LogP contribution in [0.4, 0.5) is 0 Å². The van der Waals surface area contributed by atoms with Crippen LogP contribution in [-0.4, -0.2) is 29.8 Å². The minimum atomic E-state index is -0.597. The van der Waals surface area contributed by atoms with Crippen molar-refractivity contribution >= 4 is 35.9 Å². The second-order valence-electron chi connectivity index (χ2n) is 6.91. The maximum absolute atomic E-state index is 12.2. The Hall–Kier alpha value is -4.47. The van der Waals surface area contributed by atoms with E-state index < -0.39 is 29.8 Å². The van der Waals surface area contributed by atoms with E-state index in [-0.39, 0.29) is 29.5 Å². The number of hydrogen-bond donors (Lipinski definition) is 1. The first-order valence-electron chi connectivity index (χ1n) is 10.00. The number of hydrogen-bond acceptors (Lipinski definition) is 9. The summed E-state index contributed by atoms with van der Waals surface area (Å²) in [6.45, 7) is 4.95. The van der Waals surface area contributed by atoms with Gasteiger partial charge in [0.15, 0.2) is 23.0 Å². The molecule has 2 aromatic carbocycles. The highest BCUT2D eigenvalue weighted by atomic mass is 16.6. The molecule has 0 aliphatic carbocycles. The molecule has 1 amide bonds. The van der Waals surface area contributed by atoms with Gasteiger partial charge in [0.25, 0.3) is 0 Å². The van der Waals surface area contributed by atoms with Gasteiger partial charge in [-0.1, -0.05) is 12.1 Å². The molecule has 0 atom stereocenters. The van der Waals surface area contributed by atoms with Crippen molar-refractivity contribution < 1.29 is 42.9 Å². The first-order chi connectivity index (χ1) is 16.0. The minimum absolute atomic E-state index is 0.0381. The van der Waals surface area contributed by atoms with Crippen molar-refractivity contribution in [2.24, 2.45) is 0 Å². The number of benzene rings is 2. The standard InChI is InChI=1S/C24H23NO9/c1-14(26)31-20-8-5-18(11-22(20)33-16(3)28)7-10-24(30)25-13-19-6-9-21(32-15(2)27)23(12-19)34-17(4)29/h5-12H,13H2,1-4H3,(H,25,30)/b10-7+. The van der Waals surface area contributed by atoms with Gasteiger partial charge in [0, 0.05) is 40.3 Å². The van der Waals surface area contributed by atoms with Gasteiger partial charge in [-0.3, -0.25) is 24.0 Å². The van der Waals surface area contributed by atoms with E-state index >= 15 is 0 Å². The Bertz CT molecular complexity index is 1150. The van der Waals surface area contributed by atoms with Crippen molar-refractivity contribution in [2.45, 2.75) is 34.2 Å². The summed E-state index contributed by atoms with van der Waals surface area (Å²) in [4.78, 5) is 57.3. The van der Waals surface area contributed by atoms with Gasteiger partial charge in [0.1, 0.15) is 0 Å². The summed E-state index contributed by atoms with van der Waals surface area (Å²) in [6.07, 6.45) is 2.74. The fourth-order valence-corrected chi connectivity index (χ4v) is 2.66. The molecule has 0 fully saturated rings. The minimum Gasteiger partial charge on any atom is -0.423 e. The van der Waals surface area contributed by atoms with E-state index in [1.54, 1.807) is 12.1 Å². The Morgan fingerprint density at radius 1 is 0.676 bits per heavy atom. The van der Waals surface area contributed by atoms with Crippen LogP contribution in [0.25, 0.3) is 6.08 Å². The summed E-state index contributed by atoms with van der Waals surface area (Å²) < 4.78 is 20.1. The molecule has 0 saturated carbocycles. The molecule has 34 heavy (non-hydrogen) atoms. The summed E-state index contributed by atoms with van der Waals surface area (Å²) in [5.74, 6) is -2.52. The van der Waals surface area contributed by atoms with Crippen LogP contribution >= 0.6 is 0 Å². The molecule has 0 spiro atoms. The third-order valence-corrected chi connectivity index (χ3v) is 3.88. The Balaban J connectivity index is 2.09. The molecule has 0 aromatic heterocycles. The number of ether oxygens (including phenoxy) is 4. The highest BCUT2D eigenvalue weighted by Crippen LogP contribution is 2.30. The van der Waals surface area contributed by atoms with E-state index in [1.165, 1.54) is 64.1 Å². The smallest absolute Gasteiger partial charge is 0.308 e. The van der Waals surface area contributed by atoms with Crippen LogP contribution in [0, 0.1) is 0 Å². The zero-order chi connectivity index (χ0) is 25.3. The summed E-state index contributed by atoms with van der Waals surface area (Å²) in [5, 5.41) is 2.67. The van der Waals surface area contributed by atoms with E-state index in [4.69, 9.17) is 18.9 Å². The van der Waals surface area contributed by atoms with E-state index in [2.05, 4.69) is 5.32 Å². The molecule has 2 aromatic rings. The zero-order valence-electron chi connectivity index (χ0n) is 19.0. The number of amides is 1. The predicted octanol–water partition coefficient (Wildman–Crippen LogP) is 2.72. The van der Waals surface area contributed by atoms with Crippen molar-refractivity contribution in [3.63, 3.8) is 0 Å². The van der Waals surface area contributed by atoms with Crippen molar-refractivity contribution in [2.75, 3.05) is 0 Å². The molecule has 178 valence electrons. The molecule has 2 rings (SSSR count). The SMILES string of the molecule is CC(=O)Oc1ccc(/C=C/C(=O)NCc2ccc(OC(C)=O)c(OC(C)=O)c2)cc1OC(C)=O. The molecule has 0 bridgehead atoms. The van der Waals surface area contributed by atoms with Crippen LogP contribution in [0.3, 0.4) is 0 Å². The molecule has 0 unspecified atom stereocenters. The van der Waals surface area contributed by atoms with Gasteiger partial charge in [-0.25, -0.2) is 0 Å². The molecule has 0 aliphatic heterocycles. The lowest BCUT2D eigenvalue weighted by Crippen LogP contribution is -2.20. The fourth-order valence-electron chi connectivity index (χ4n) is 2.66. The summed E-state index contributed by atoms with van der Waals surface area (Å²) >= 11 is 0. The lowest BCUT2D eigenvalue weighted by atomic mass is 10.1. The quantitative estimate of drug-likeness (QED) is 0.352. The fraction of sp³-hybridized carbons (Fsp3) is 0.208. The Morgan fingerprint density at radius 3 is 1.68 bits per heavy atom. The molecule has 10 nitrogen and oxygen atoms in total. The molecular weight excluding hydrogens is 446 g/mol. The summed E-state index contributed by atoms with van der Waals surface area (Å²) in [7, 11) is 0. The molecule has 0 aliphatic rings. The second kappa shape index (κ2) is 12.0. The Labute approximate surface area is 195 Å². The average Bonchev–Trinajstić information content (AvgIpc) is 2.72. The van der Waals surface area contributed by atoms with Crippen LogP contribution in [0.15, 0.2) is 42.5 Å². The summed E-state index contributed by atoms with van der Waals surface area (Å²) in [5.41, 5.74) is 1.11. The van der Waals surface area contributed by atoms with Gasteiger partial charge in [0.05, 0.1) is 0 Å². The van der Waals surface area contributed by atoms with E-state index in [0.717, 1.165) is 0 Å². The third-order valence-electron chi connectivity index (χ3n) is 3.88. The Kier molecular flexibility index (Phi) is 9.07. The Morgan fingerprint density at radius 2 is 1.15 bits per heavy atom. The van der Waals surface area contributed by atoms with Gasteiger partial charge in [0.2, 0.25) is 5.91 Å². The maximum atomic E-state index is 12.2. The van der Waals surface area contributed by atoms with E-state index in [0.29, 0.717) is 11.1 Å². The number of esters is 4. The molecule has 0 saturated heterocycles. The molecule has 0 radical (unpaired) electrons. The van der Waals surface area contributed by atoms with Crippen LogP contribution < -0.4 is 24.3 Å². The number of rotatable bonds is 8. The highest BCUT2D eigenvalue weighted by Gasteiger charge is 2.12. The first-order valence-corrected chi connectivity index (χ1v) is 10.00. The van der Waals surface area contributed by atoms with Crippen molar-refractivity contribution in [1.29, 1.82) is 0 Å². The van der Waals surface area contributed by atoms with Crippen LogP contribution in [0.5, 0.6) is 23.0 Å². The van der Waals surface area contributed by atoms with Gasteiger partial charge in [-0.15, -0.1) is 0 Å². The zero-order valence-corrected chi connectivity index (χ0v) is 19.0. The second-order valence-corrected chi connectivity index (χ2v) is 6.91. The molecule has 1 N–H and O–H groups in total. The maximum Gasteiger partial charge on any atom is 0.308 e. The lowest BCUT2D eigenvalue weighted by molar-refractivity contribution is -0.134. The lowest BCUT2D eigenvalue weighted by Gasteiger charge is -2.11. The third kappa shape index (κ3) is 8.58. The number of carbonyl (C=O) groups is 5. The monoisotopic (exact) mass is 469 g/mol. The van der Waals surface area contributed by atoms with Crippen molar-refractivity contribution in [1.82, 2.24) is 5.32 Å². The summed E-state index contributed by atoms with van der Waals surface area (Å²) in [6, 6.07) is 9.00. The predicted molar refractivity (Wildman–Crippen MR) is 119 cm³/mol. The van der Waals surface area contributed by atoms with Gasteiger partial charge < -0.3 is 24.3 Å². The number of carbonyl (C=O) groups excluding carboxylic acids is 5. The van der Waals surface area contributed by atoms with Crippen molar-refractivity contribution in [3.8, 4) is 23.0 Å². The van der Waals surface area contributed by atoms with E-state index in [1.807, 2.05) is 0 Å². The largest absolute Gasteiger partial charge is 0.423 e. The van der Waals surface area contributed by atoms with Gasteiger partial charge in [-0.2, -0.15) is 0 Å². The number of nitrogens with one attached hydrogen (secondary N) is 1. The average molecular weight is 469 g/mol. The van der Waals surface area contributed by atoms with Gasteiger partial charge >= 0.3 is 23.9 Å². The molecular formula is C24H23NO9. The first kappa shape index (κ1) is 25.8. The highest BCUT2D eigenvalue weighted by molar-refractivity contribution is 5.91. The van der Waals surface area contributed by atoms with Crippen LogP contribution in [0.1, 0.15) is 38.8 Å². The van der Waals surface area contributed by atoms with Gasteiger partial charge in [-0.05, 0) is 41.5 Å².